The third-order valence-corrected chi connectivity index (χ3v) is 3.70. The standard InChI is InChI=1S/C14H14F2N2O2S/c1-9-17-5-11(21-9)7-18(8-14(19)20)6-10-2-3-12(15)13(16)4-10/h2-5H,6-8H2,1H3,(H,19,20). The fourth-order valence-corrected chi connectivity index (χ4v) is 2.79. The van der Waals surface area contributed by atoms with E-state index in [9.17, 15) is 13.6 Å². The van der Waals surface area contributed by atoms with Crippen LogP contribution in [0.5, 0.6) is 0 Å². The highest BCUT2D eigenvalue weighted by atomic mass is 32.1. The predicted molar refractivity (Wildman–Crippen MR) is 75.0 cm³/mol. The second-order valence-electron chi connectivity index (χ2n) is 4.63. The molecule has 0 saturated heterocycles. The zero-order valence-electron chi connectivity index (χ0n) is 11.3. The van der Waals surface area contributed by atoms with Gasteiger partial charge in [0.25, 0.3) is 0 Å². The lowest BCUT2D eigenvalue weighted by Gasteiger charge is -2.19. The molecule has 0 aliphatic carbocycles. The van der Waals surface area contributed by atoms with Crippen LogP contribution in [0.15, 0.2) is 24.4 Å². The largest absolute Gasteiger partial charge is 0.480 e. The van der Waals surface area contributed by atoms with Crippen LogP contribution in [0.25, 0.3) is 0 Å². The zero-order valence-corrected chi connectivity index (χ0v) is 12.2. The third kappa shape index (κ3) is 4.57. The van der Waals surface area contributed by atoms with Crippen molar-refractivity contribution < 1.29 is 18.7 Å². The zero-order chi connectivity index (χ0) is 15.4. The van der Waals surface area contributed by atoms with Crippen LogP contribution in [0.3, 0.4) is 0 Å². The summed E-state index contributed by atoms with van der Waals surface area (Å²) in [5.74, 6) is -2.82. The van der Waals surface area contributed by atoms with Crippen LogP contribution in [-0.4, -0.2) is 27.5 Å². The smallest absolute Gasteiger partial charge is 0.317 e. The van der Waals surface area contributed by atoms with Gasteiger partial charge in [0, 0.05) is 24.2 Å². The molecule has 2 aromatic rings. The van der Waals surface area contributed by atoms with E-state index in [1.54, 1.807) is 11.1 Å². The summed E-state index contributed by atoms with van der Waals surface area (Å²) in [6, 6.07) is 3.58. The van der Waals surface area contributed by atoms with E-state index in [-0.39, 0.29) is 13.1 Å². The number of carboxylic acid groups (broad SMARTS) is 1. The molecule has 0 atom stereocenters. The molecule has 4 nitrogen and oxygen atoms in total. The molecular formula is C14H14F2N2O2S. The number of rotatable bonds is 6. The van der Waals surface area contributed by atoms with E-state index in [0.717, 1.165) is 22.0 Å². The van der Waals surface area contributed by atoms with Crippen LogP contribution in [0.1, 0.15) is 15.4 Å². The molecule has 0 aliphatic rings. The average Bonchev–Trinajstić information content (AvgIpc) is 2.78. The van der Waals surface area contributed by atoms with Crippen LogP contribution < -0.4 is 0 Å². The van der Waals surface area contributed by atoms with Crippen molar-refractivity contribution >= 4 is 17.3 Å². The molecule has 0 radical (unpaired) electrons. The van der Waals surface area contributed by atoms with Gasteiger partial charge < -0.3 is 5.11 Å². The summed E-state index contributed by atoms with van der Waals surface area (Å²) >= 11 is 1.48. The molecule has 0 aliphatic heterocycles. The first-order valence-corrected chi connectivity index (χ1v) is 7.05. The highest BCUT2D eigenvalue weighted by Crippen LogP contribution is 2.17. The van der Waals surface area contributed by atoms with Gasteiger partial charge in [0.05, 0.1) is 11.6 Å². The molecule has 0 fully saturated rings. The van der Waals surface area contributed by atoms with Gasteiger partial charge in [0.1, 0.15) is 0 Å². The summed E-state index contributed by atoms with van der Waals surface area (Å²) in [4.78, 5) is 17.6. The van der Waals surface area contributed by atoms with Crippen molar-refractivity contribution in [3.05, 3.63) is 51.5 Å². The molecule has 0 bridgehead atoms. The maximum Gasteiger partial charge on any atom is 0.317 e. The van der Waals surface area contributed by atoms with E-state index in [2.05, 4.69) is 4.98 Å². The first-order chi connectivity index (χ1) is 9.94. The molecule has 1 aromatic carbocycles. The number of thiazole rings is 1. The molecule has 0 saturated carbocycles. The molecule has 2 rings (SSSR count). The van der Waals surface area contributed by atoms with Gasteiger partial charge in [-0.15, -0.1) is 11.3 Å². The molecule has 112 valence electrons. The number of hydrogen-bond donors (Lipinski definition) is 1. The van der Waals surface area contributed by atoms with Gasteiger partial charge in [0.15, 0.2) is 11.6 Å². The minimum atomic E-state index is -0.973. The highest BCUT2D eigenvalue weighted by Gasteiger charge is 2.13. The van der Waals surface area contributed by atoms with Crippen molar-refractivity contribution in [1.82, 2.24) is 9.88 Å². The minimum Gasteiger partial charge on any atom is -0.480 e. The van der Waals surface area contributed by atoms with Gasteiger partial charge >= 0.3 is 5.97 Å². The predicted octanol–water partition coefficient (Wildman–Crippen LogP) is 2.82. The Morgan fingerprint density at radius 2 is 2.10 bits per heavy atom. The van der Waals surface area contributed by atoms with Crippen molar-refractivity contribution in [3.63, 3.8) is 0 Å². The maximum atomic E-state index is 13.2. The number of carbonyl (C=O) groups is 1. The van der Waals surface area contributed by atoms with Crippen LogP contribution in [0.2, 0.25) is 0 Å². The van der Waals surface area contributed by atoms with Gasteiger partial charge in [0.2, 0.25) is 0 Å². The highest BCUT2D eigenvalue weighted by molar-refractivity contribution is 7.11. The van der Waals surface area contributed by atoms with Gasteiger partial charge in [-0.25, -0.2) is 13.8 Å². The number of hydrogen-bond acceptors (Lipinski definition) is 4. The quantitative estimate of drug-likeness (QED) is 0.891. The summed E-state index contributed by atoms with van der Waals surface area (Å²) in [6.45, 7) is 2.30. The first kappa shape index (κ1) is 15.5. The summed E-state index contributed by atoms with van der Waals surface area (Å²) in [5.41, 5.74) is 0.524. The van der Waals surface area contributed by atoms with Crippen LogP contribution >= 0.6 is 11.3 Å². The Balaban J connectivity index is 2.11. The topological polar surface area (TPSA) is 53.4 Å². The lowest BCUT2D eigenvalue weighted by molar-refractivity contribution is -0.138. The molecular weight excluding hydrogens is 298 g/mol. The van der Waals surface area contributed by atoms with Gasteiger partial charge in [-0.2, -0.15) is 0 Å². The molecule has 1 N–H and O–H groups in total. The number of aliphatic carboxylic acids is 1. The lowest BCUT2D eigenvalue weighted by atomic mass is 10.2. The Kier molecular flexibility index (Phi) is 4.98. The Hall–Kier alpha value is -1.86. The van der Waals surface area contributed by atoms with E-state index < -0.39 is 17.6 Å². The van der Waals surface area contributed by atoms with Crippen molar-refractivity contribution in [2.24, 2.45) is 0 Å². The number of benzene rings is 1. The number of halogens is 2. The van der Waals surface area contributed by atoms with Crippen molar-refractivity contribution in [1.29, 1.82) is 0 Å². The summed E-state index contributed by atoms with van der Waals surface area (Å²) in [5, 5.41) is 9.85. The normalized spacial score (nSPS) is 11.0. The van der Waals surface area contributed by atoms with Crippen LogP contribution in [-0.2, 0) is 17.9 Å². The van der Waals surface area contributed by atoms with Crippen molar-refractivity contribution in [2.45, 2.75) is 20.0 Å². The molecule has 0 spiro atoms. The second kappa shape index (κ2) is 6.73. The first-order valence-electron chi connectivity index (χ1n) is 6.23. The summed E-state index contributed by atoms with van der Waals surface area (Å²) in [6.07, 6.45) is 1.69. The lowest BCUT2D eigenvalue weighted by Crippen LogP contribution is -2.28. The monoisotopic (exact) mass is 312 g/mol. The Bertz CT molecular complexity index is 646. The fraction of sp³-hybridized carbons (Fsp3) is 0.286. The Labute approximate surface area is 124 Å². The molecule has 0 amide bonds. The van der Waals surface area contributed by atoms with Crippen molar-refractivity contribution in [2.75, 3.05) is 6.54 Å². The third-order valence-electron chi connectivity index (χ3n) is 2.80. The molecule has 0 unspecified atom stereocenters. The maximum absolute atomic E-state index is 13.2. The number of aromatic nitrogens is 1. The van der Waals surface area contributed by atoms with Crippen LogP contribution in [0, 0.1) is 18.6 Å². The number of nitrogens with zero attached hydrogens (tertiary/aromatic N) is 2. The Morgan fingerprint density at radius 1 is 1.33 bits per heavy atom. The van der Waals surface area contributed by atoms with E-state index in [1.165, 1.54) is 17.4 Å². The molecule has 1 aromatic heterocycles. The second-order valence-corrected chi connectivity index (χ2v) is 5.95. The van der Waals surface area contributed by atoms with E-state index in [0.29, 0.717) is 12.1 Å². The minimum absolute atomic E-state index is 0.185. The van der Waals surface area contributed by atoms with Gasteiger partial charge in [-0.3, -0.25) is 9.69 Å². The van der Waals surface area contributed by atoms with E-state index in [1.807, 2.05) is 6.92 Å². The summed E-state index contributed by atoms with van der Waals surface area (Å²) < 4.78 is 26.1. The molecule has 1 heterocycles. The molecule has 7 heteroatoms. The summed E-state index contributed by atoms with van der Waals surface area (Å²) in [7, 11) is 0. The Morgan fingerprint density at radius 3 is 2.67 bits per heavy atom. The average molecular weight is 312 g/mol. The van der Waals surface area contributed by atoms with Crippen molar-refractivity contribution in [3.8, 4) is 0 Å². The SMILES string of the molecule is Cc1ncc(CN(CC(=O)O)Cc2ccc(F)c(F)c2)s1. The van der Waals surface area contributed by atoms with Gasteiger partial charge in [-0.1, -0.05) is 6.07 Å². The molecule has 21 heavy (non-hydrogen) atoms. The fourth-order valence-electron chi connectivity index (χ4n) is 1.95. The number of aryl methyl sites for hydroxylation is 1. The number of carboxylic acids is 1. The van der Waals surface area contributed by atoms with Gasteiger partial charge in [-0.05, 0) is 24.6 Å². The van der Waals surface area contributed by atoms with Crippen LogP contribution in [0.4, 0.5) is 8.78 Å². The van der Waals surface area contributed by atoms with E-state index in [4.69, 9.17) is 5.11 Å². The van der Waals surface area contributed by atoms with E-state index >= 15 is 0 Å².